The monoisotopic (exact) mass is 339 g/mol. The number of aromatic nitrogens is 1. The molecule has 1 aliphatic heterocycles. The van der Waals surface area contributed by atoms with Crippen LogP contribution in [0.3, 0.4) is 0 Å². The average molecular weight is 339 g/mol. The molecule has 2 rings (SSSR count). The van der Waals surface area contributed by atoms with Gasteiger partial charge in [0.25, 0.3) is 0 Å². The molecule has 0 atom stereocenters. The molecule has 2 amide bonds. The van der Waals surface area contributed by atoms with Gasteiger partial charge in [0.15, 0.2) is 9.84 Å². The maximum Gasteiger partial charge on any atom is 0.317 e. The lowest BCUT2D eigenvalue weighted by atomic mass is 10.1. The van der Waals surface area contributed by atoms with Crippen molar-refractivity contribution in [3.63, 3.8) is 0 Å². The highest BCUT2D eigenvalue weighted by Crippen LogP contribution is 2.25. The molecule has 128 valence electrons. The average Bonchev–Trinajstić information content (AvgIpc) is 2.53. The van der Waals surface area contributed by atoms with Gasteiger partial charge in [-0.1, -0.05) is 0 Å². The molecule has 1 aliphatic rings. The molecule has 0 aliphatic carbocycles. The lowest BCUT2D eigenvalue weighted by molar-refractivity contribution is 0.199. The van der Waals surface area contributed by atoms with Gasteiger partial charge in [-0.2, -0.15) is 0 Å². The van der Waals surface area contributed by atoms with E-state index in [0.29, 0.717) is 19.5 Å². The molecule has 0 radical (unpaired) electrons. The van der Waals surface area contributed by atoms with Crippen LogP contribution < -0.4 is 5.32 Å². The van der Waals surface area contributed by atoms with Crippen LogP contribution in [0.4, 0.5) is 4.79 Å². The van der Waals surface area contributed by atoms with Gasteiger partial charge in [-0.05, 0) is 51.8 Å². The van der Waals surface area contributed by atoms with Gasteiger partial charge in [-0.25, -0.2) is 13.2 Å². The Hall–Kier alpha value is -1.63. The van der Waals surface area contributed by atoms with Crippen LogP contribution in [0.15, 0.2) is 12.1 Å². The summed E-state index contributed by atoms with van der Waals surface area (Å²) >= 11 is 0. The number of carbonyl (C=O) groups excluding carboxylic acids is 1. The summed E-state index contributed by atoms with van der Waals surface area (Å²) < 4.78 is 23.6. The molecule has 0 unspecified atom stereocenters. The first-order valence-corrected chi connectivity index (χ1v) is 9.45. The highest BCUT2D eigenvalue weighted by atomic mass is 32.2. The minimum atomic E-state index is -3.17. The fourth-order valence-electron chi connectivity index (χ4n) is 2.69. The highest BCUT2D eigenvalue weighted by molar-refractivity contribution is 7.92. The second-order valence-electron chi connectivity index (χ2n) is 6.73. The maximum absolute atomic E-state index is 12.3. The molecule has 1 fully saturated rings. The largest absolute Gasteiger partial charge is 0.334 e. The molecule has 1 N–H and O–H groups in total. The Morgan fingerprint density at radius 1 is 1.26 bits per heavy atom. The van der Waals surface area contributed by atoms with Crippen LogP contribution in [-0.2, 0) is 16.4 Å². The van der Waals surface area contributed by atoms with E-state index in [1.54, 1.807) is 18.7 Å². The summed E-state index contributed by atoms with van der Waals surface area (Å²) in [6, 6.07) is 3.65. The second-order valence-corrected chi connectivity index (χ2v) is 9.48. The van der Waals surface area contributed by atoms with Crippen molar-refractivity contribution in [3.05, 3.63) is 29.1 Å². The van der Waals surface area contributed by atoms with E-state index in [2.05, 4.69) is 10.3 Å². The molecule has 7 heteroatoms. The van der Waals surface area contributed by atoms with Crippen molar-refractivity contribution in [1.82, 2.24) is 15.2 Å². The van der Waals surface area contributed by atoms with Crippen LogP contribution in [0, 0.1) is 13.8 Å². The zero-order chi connectivity index (χ0) is 17.3. The van der Waals surface area contributed by atoms with Gasteiger partial charge < -0.3 is 10.2 Å². The van der Waals surface area contributed by atoms with E-state index in [0.717, 1.165) is 17.0 Å². The van der Waals surface area contributed by atoms with Crippen molar-refractivity contribution in [2.24, 2.45) is 0 Å². The first kappa shape index (κ1) is 17.7. The first-order valence-electron chi connectivity index (χ1n) is 7.80. The van der Waals surface area contributed by atoms with E-state index in [1.807, 2.05) is 26.0 Å². The Labute approximate surface area is 138 Å². The van der Waals surface area contributed by atoms with Crippen LogP contribution in [0.1, 0.15) is 37.2 Å². The van der Waals surface area contributed by atoms with Crippen molar-refractivity contribution in [3.8, 4) is 0 Å². The number of aryl methyl sites for hydroxylation is 2. The molecule has 0 saturated carbocycles. The predicted molar refractivity (Wildman–Crippen MR) is 90.0 cm³/mol. The highest BCUT2D eigenvalue weighted by Gasteiger charge is 2.37. The number of amides is 2. The number of hydrogen-bond acceptors (Lipinski definition) is 4. The number of nitrogens with zero attached hydrogens (tertiary/aromatic N) is 2. The summed E-state index contributed by atoms with van der Waals surface area (Å²) in [5.41, 5.74) is 2.82. The fraction of sp³-hybridized carbons (Fsp3) is 0.625. The van der Waals surface area contributed by atoms with E-state index in [9.17, 15) is 13.2 Å². The molecule has 23 heavy (non-hydrogen) atoms. The molecular weight excluding hydrogens is 314 g/mol. The third-order valence-electron chi connectivity index (χ3n) is 4.33. The molecule has 0 aromatic carbocycles. The molecular formula is C16H25N3O3S. The molecule has 2 heterocycles. The van der Waals surface area contributed by atoms with Crippen LogP contribution >= 0.6 is 0 Å². The SMILES string of the molecule is Cc1cc(CNC(=O)N2CCC(C)(C)S(=O)(=O)CC2)cc(C)n1. The minimum absolute atomic E-state index is 0.0148. The first-order chi connectivity index (χ1) is 10.6. The zero-order valence-corrected chi connectivity index (χ0v) is 15.0. The predicted octanol–water partition coefficient (Wildman–Crippen LogP) is 1.81. The van der Waals surface area contributed by atoms with Crippen molar-refractivity contribution < 1.29 is 13.2 Å². The second kappa shape index (κ2) is 6.47. The number of hydrogen-bond donors (Lipinski definition) is 1. The van der Waals surface area contributed by atoms with Gasteiger partial charge in [0.2, 0.25) is 0 Å². The number of pyridine rings is 1. The third kappa shape index (κ3) is 4.22. The summed E-state index contributed by atoms with van der Waals surface area (Å²) in [6.45, 7) is 8.40. The summed E-state index contributed by atoms with van der Waals surface area (Å²) in [5, 5.41) is 2.87. The van der Waals surface area contributed by atoms with E-state index in [1.165, 1.54) is 0 Å². The van der Waals surface area contributed by atoms with Crippen LogP contribution in [-0.4, -0.2) is 47.9 Å². The van der Waals surface area contributed by atoms with Gasteiger partial charge in [0.1, 0.15) is 0 Å². The van der Waals surface area contributed by atoms with Crippen molar-refractivity contribution in [2.45, 2.75) is 45.4 Å². The van der Waals surface area contributed by atoms with Crippen LogP contribution in [0.2, 0.25) is 0 Å². The molecule has 1 aromatic heterocycles. The molecule has 1 saturated heterocycles. The van der Waals surface area contributed by atoms with E-state index >= 15 is 0 Å². The summed E-state index contributed by atoms with van der Waals surface area (Å²) in [6.07, 6.45) is 0.455. The number of rotatable bonds is 2. The quantitative estimate of drug-likeness (QED) is 0.891. The number of carbonyl (C=O) groups is 1. The van der Waals surface area contributed by atoms with Gasteiger partial charge in [-0.3, -0.25) is 4.98 Å². The minimum Gasteiger partial charge on any atom is -0.334 e. The van der Waals surface area contributed by atoms with Crippen molar-refractivity contribution in [2.75, 3.05) is 18.8 Å². The Morgan fingerprint density at radius 2 is 1.87 bits per heavy atom. The summed E-state index contributed by atoms with van der Waals surface area (Å²) in [5.74, 6) is 0.0148. The van der Waals surface area contributed by atoms with E-state index < -0.39 is 14.6 Å². The molecule has 0 spiro atoms. The number of sulfone groups is 1. The lowest BCUT2D eigenvalue weighted by Gasteiger charge is -2.22. The third-order valence-corrected chi connectivity index (χ3v) is 6.94. The van der Waals surface area contributed by atoms with Crippen molar-refractivity contribution in [1.29, 1.82) is 0 Å². The Balaban J connectivity index is 1.99. The molecule has 0 bridgehead atoms. The van der Waals surface area contributed by atoms with E-state index in [-0.39, 0.29) is 18.3 Å². The Morgan fingerprint density at radius 3 is 2.48 bits per heavy atom. The van der Waals surface area contributed by atoms with Crippen LogP contribution in [0.5, 0.6) is 0 Å². The van der Waals surface area contributed by atoms with Gasteiger partial charge in [-0.15, -0.1) is 0 Å². The lowest BCUT2D eigenvalue weighted by Crippen LogP contribution is -2.41. The fourth-order valence-corrected chi connectivity index (χ4v) is 4.11. The Bertz CT molecular complexity index is 678. The van der Waals surface area contributed by atoms with E-state index in [4.69, 9.17) is 0 Å². The Kier molecular flexibility index (Phi) is 4.98. The standard InChI is InChI=1S/C16H25N3O3S/c1-12-9-14(10-13(2)18-12)11-17-15(20)19-6-5-16(3,4)23(21,22)8-7-19/h9-10H,5-8,11H2,1-4H3,(H,17,20). The molecule has 6 nitrogen and oxygen atoms in total. The normalized spacial score (nSPS) is 19.9. The zero-order valence-electron chi connectivity index (χ0n) is 14.2. The maximum atomic E-state index is 12.3. The summed E-state index contributed by atoms with van der Waals surface area (Å²) in [7, 11) is -3.17. The van der Waals surface area contributed by atoms with Gasteiger partial charge >= 0.3 is 6.03 Å². The smallest absolute Gasteiger partial charge is 0.317 e. The van der Waals surface area contributed by atoms with Crippen molar-refractivity contribution >= 4 is 15.9 Å². The summed E-state index contributed by atoms with van der Waals surface area (Å²) in [4.78, 5) is 18.2. The topological polar surface area (TPSA) is 79.4 Å². The van der Waals surface area contributed by atoms with Gasteiger partial charge in [0, 0.05) is 31.0 Å². The molecule has 1 aromatic rings. The number of urea groups is 1. The number of nitrogens with one attached hydrogen (secondary N) is 1. The van der Waals surface area contributed by atoms with Gasteiger partial charge in [0.05, 0.1) is 10.5 Å². The van der Waals surface area contributed by atoms with Crippen LogP contribution in [0.25, 0.3) is 0 Å².